The molecule has 0 saturated heterocycles. The Morgan fingerprint density at radius 2 is 0.667 bits per heavy atom. The predicted molar refractivity (Wildman–Crippen MR) is 218 cm³/mol. The van der Waals surface area contributed by atoms with Crippen LogP contribution >= 0.6 is 0 Å². The Morgan fingerprint density at radius 3 is 1.31 bits per heavy atom. The van der Waals surface area contributed by atoms with E-state index in [-0.39, 0.29) is 0 Å². The minimum absolute atomic E-state index is 0.907. The highest BCUT2D eigenvalue weighted by molar-refractivity contribution is 6.25. The van der Waals surface area contributed by atoms with Gasteiger partial charge in [-0.3, -0.25) is 0 Å². The van der Waals surface area contributed by atoms with Gasteiger partial charge in [0, 0.05) is 10.8 Å². The van der Waals surface area contributed by atoms with Crippen LogP contribution in [0.4, 0.5) is 0 Å². The molecule has 1 aromatic heterocycles. The SMILES string of the molecule is c1ccc2c(-c3ccc4c(c3)oc3cc(-c5ccc6cc(-c7ccc8c9ccccc9c9ccccc9c8c7)ccc6c5)ccc34)cccc2c1. The molecule has 0 atom stereocenters. The third-order valence-corrected chi connectivity index (χ3v) is 10.8. The summed E-state index contributed by atoms with van der Waals surface area (Å²) in [6.45, 7) is 0. The zero-order valence-corrected chi connectivity index (χ0v) is 27.7. The fraction of sp³-hybridized carbons (Fsp3) is 0. The van der Waals surface area contributed by atoms with Crippen molar-refractivity contribution in [2.24, 2.45) is 0 Å². The molecule has 0 fully saturated rings. The van der Waals surface area contributed by atoms with Crippen LogP contribution in [0.25, 0.3) is 109 Å². The van der Waals surface area contributed by atoms with E-state index in [4.69, 9.17) is 4.42 Å². The molecule has 1 heteroatoms. The smallest absolute Gasteiger partial charge is 0.136 e. The molecule has 0 saturated carbocycles. The quantitative estimate of drug-likeness (QED) is 0.174. The van der Waals surface area contributed by atoms with Crippen molar-refractivity contribution in [2.45, 2.75) is 0 Å². The average Bonchev–Trinajstić information content (AvgIpc) is 3.57. The third-order valence-electron chi connectivity index (χ3n) is 10.8. The lowest BCUT2D eigenvalue weighted by Crippen LogP contribution is -1.85. The molecule has 0 aliphatic heterocycles. The summed E-state index contributed by atoms with van der Waals surface area (Å²) in [5.74, 6) is 0. The average molecular weight is 647 g/mol. The maximum Gasteiger partial charge on any atom is 0.136 e. The van der Waals surface area contributed by atoms with E-state index in [0.717, 1.165) is 33.1 Å². The maximum absolute atomic E-state index is 6.52. The van der Waals surface area contributed by atoms with Crippen LogP contribution in [0.1, 0.15) is 0 Å². The number of rotatable bonds is 3. The number of furan rings is 1. The number of hydrogen-bond donors (Lipinski definition) is 0. The predicted octanol–water partition coefficient (Wildman–Crippen LogP) is 14.4. The standard InChI is InChI=1S/C50H30O/c1-2-10-39-31(8-1)9-7-15-40(39)38-22-25-47-46-24-21-37(29-49(46)51-50(47)30-38)35-19-17-32-26-34(18-16-33(32)27-35)36-20-23-45-43-13-4-3-11-41(43)42-12-5-6-14-44(42)48(45)28-36/h1-30H. The van der Waals surface area contributed by atoms with Gasteiger partial charge in [0.1, 0.15) is 11.2 Å². The van der Waals surface area contributed by atoms with E-state index in [1.54, 1.807) is 0 Å². The molecule has 0 aliphatic rings. The molecule has 0 aliphatic carbocycles. The zero-order valence-electron chi connectivity index (χ0n) is 27.7. The molecule has 0 unspecified atom stereocenters. The minimum Gasteiger partial charge on any atom is -0.456 e. The van der Waals surface area contributed by atoms with Crippen molar-refractivity contribution >= 4 is 75.8 Å². The molecule has 236 valence electrons. The summed E-state index contributed by atoms with van der Waals surface area (Å²) in [5.41, 5.74) is 8.98. The third kappa shape index (κ3) is 4.42. The summed E-state index contributed by atoms with van der Waals surface area (Å²) in [7, 11) is 0. The highest BCUT2D eigenvalue weighted by atomic mass is 16.3. The summed E-state index contributed by atoms with van der Waals surface area (Å²) in [6, 6.07) is 66.3. The molecule has 0 N–H and O–H groups in total. The van der Waals surface area contributed by atoms with Crippen molar-refractivity contribution in [1.82, 2.24) is 0 Å². The van der Waals surface area contributed by atoms with Crippen LogP contribution in [0.5, 0.6) is 0 Å². The first-order chi connectivity index (χ1) is 25.2. The van der Waals surface area contributed by atoms with E-state index in [0.29, 0.717) is 0 Å². The first-order valence-corrected chi connectivity index (χ1v) is 17.6. The van der Waals surface area contributed by atoms with E-state index in [1.165, 1.54) is 76.1 Å². The number of fused-ring (bicyclic) bond motifs is 11. The molecular formula is C50H30O. The van der Waals surface area contributed by atoms with Crippen LogP contribution in [-0.2, 0) is 0 Å². The monoisotopic (exact) mass is 646 g/mol. The van der Waals surface area contributed by atoms with Crippen LogP contribution in [0, 0.1) is 0 Å². The van der Waals surface area contributed by atoms with Crippen molar-refractivity contribution in [3.63, 3.8) is 0 Å². The fourth-order valence-corrected chi connectivity index (χ4v) is 8.29. The Hall–Kier alpha value is -6.70. The van der Waals surface area contributed by atoms with Crippen LogP contribution in [-0.4, -0.2) is 0 Å². The highest BCUT2D eigenvalue weighted by Gasteiger charge is 2.13. The number of hydrogen-bond acceptors (Lipinski definition) is 1. The molecule has 0 bridgehead atoms. The van der Waals surface area contributed by atoms with Crippen LogP contribution in [0.3, 0.4) is 0 Å². The zero-order chi connectivity index (χ0) is 33.5. The van der Waals surface area contributed by atoms with Gasteiger partial charge in [-0.2, -0.15) is 0 Å². The normalized spacial score (nSPS) is 11.9. The van der Waals surface area contributed by atoms with E-state index in [2.05, 4.69) is 182 Å². The molecule has 11 rings (SSSR count). The molecular weight excluding hydrogens is 617 g/mol. The Labute approximate surface area is 294 Å². The van der Waals surface area contributed by atoms with Crippen LogP contribution in [0.15, 0.2) is 186 Å². The lowest BCUT2D eigenvalue weighted by atomic mass is 9.91. The largest absolute Gasteiger partial charge is 0.456 e. The first kappa shape index (κ1) is 28.2. The van der Waals surface area contributed by atoms with Gasteiger partial charge >= 0.3 is 0 Å². The van der Waals surface area contributed by atoms with Crippen LogP contribution < -0.4 is 0 Å². The van der Waals surface area contributed by atoms with Gasteiger partial charge in [0.2, 0.25) is 0 Å². The molecule has 0 amide bonds. The molecule has 51 heavy (non-hydrogen) atoms. The van der Waals surface area contributed by atoms with Gasteiger partial charge in [0.05, 0.1) is 0 Å². The van der Waals surface area contributed by atoms with E-state index < -0.39 is 0 Å². The van der Waals surface area contributed by atoms with E-state index in [1.807, 2.05) is 0 Å². The van der Waals surface area contributed by atoms with Gasteiger partial charge in [-0.15, -0.1) is 0 Å². The minimum atomic E-state index is 0.907. The van der Waals surface area contributed by atoms with Gasteiger partial charge < -0.3 is 4.42 Å². The lowest BCUT2D eigenvalue weighted by molar-refractivity contribution is 0.669. The lowest BCUT2D eigenvalue weighted by Gasteiger charge is -2.12. The molecule has 1 nitrogen and oxygen atoms in total. The van der Waals surface area contributed by atoms with Gasteiger partial charge in [-0.1, -0.05) is 140 Å². The summed E-state index contributed by atoms with van der Waals surface area (Å²) in [6.07, 6.45) is 0. The van der Waals surface area contributed by atoms with Gasteiger partial charge in [-0.25, -0.2) is 0 Å². The van der Waals surface area contributed by atoms with Crippen LogP contribution in [0.2, 0.25) is 0 Å². The second-order valence-electron chi connectivity index (χ2n) is 13.7. The number of benzene rings is 10. The second kappa shape index (κ2) is 10.9. The van der Waals surface area contributed by atoms with Gasteiger partial charge in [0.15, 0.2) is 0 Å². The molecule has 10 aromatic carbocycles. The van der Waals surface area contributed by atoms with E-state index in [9.17, 15) is 0 Å². The van der Waals surface area contributed by atoms with Crippen molar-refractivity contribution in [2.75, 3.05) is 0 Å². The van der Waals surface area contributed by atoms with Gasteiger partial charge in [0.25, 0.3) is 0 Å². The first-order valence-electron chi connectivity index (χ1n) is 17.6. The Balaban J connectivity index is 0.958. The fourth-order valence-electron chi connectivity index (χ4n) is 8.29. The van der Waals surface area contributed by atoms with E-state index >= 15 is 0 Å². The Bertz CT molecular complexity index is 3160. The van der Waals surface area contributed by atoms with Crippen molar-refractivity contribution in [3.05, 3.63) is 182 Å². The topological polar surface area (TPSA) is 13.1 Å². The Morgan fingerprint density at radius 1 is 0.235 bits per heavy atom. The second-order valence-corrected chi connectivity index (χ2v) is 13.7. The molecule has 11 aromatic rings. The van der Waals surface area contributed by atoms with Gasteiger partial charge in [-0.05, 0) is 130 Å². The Kier molecular flexibility index (Phi) is 6.02. The highest BCUT2D eigenvalue weighted by Crippen LogP contribution is 2.39. The van der Waals surface area contributed by atoms with Crippen molar-refractivity contribution in [3.8, 4) is 33.4 Å². The summed E-state index contributed by atoms with van der Waals surface area (Å²) < 4.78 is 6.52. The summed E-state index contributed by atoms with van der Waals surface area (Å²) in [5, 5.41) is 15.0. The summed E-state index contributed by atoms with van der Waals surface area (Å²) in [4.78, 5) is 0. The molecule has 0 radical (unpaired) electrons. The molecule has 0 spiro atoms. The van der Waals surface area contributed by atoms with Crippen molar-refractivity contribution in [1.29, 1.82) is 0 Å². The summed E-state index contributed by atoms with van der Waals surface area (Å²) >= 11 is 0. The van der Waals surface area contributed by atoms with Crippen molar-refractivity contribution < 1.29 is 4.42 Å². The molecule has 1 heterocycles. The maximum atomic E-state index is 6.52.